The number of primary amides is 1. The lowest BCUT2D eigenvalue weighted by Gasteiger charge is -2.15. The average Bonchev–Trinajstić information content (AvgIpc) is 3.18. The number of carboxylic acid groups (broad SMARTS) is 1. The standard InChI is InChI=1S/C22H16ClN3O4S/c23-18-8-7-17(31-18)19(22(29)30)25-14-2-4-15(5-3-14)26-10-9-12-11-13(20(24)27)1-6-16(12)21(26)28/h1-11,19,25H,(H2,24,27)(H,29,30). The van der Waals surface area contributed by atoms with Crippen LogP contribution in [0, 0.1) is 0 Å². The van der Waals surface area contributed by atoms with Gasteiger partial charge in [0.15, 0.2) is 6.04 Å². The van der Waals surface area contributed by atoms with Crippen molar-refractivity contribution in [3.05, 3.63) is 92.0 Å². The molecule has 0 fully saturated rings. The number of carbonyl (C=O) groups excluding carboxylic acids is 1. The molecule has 1 amide bonds. The van der Waals surface area contributed by atoms with Gasteiger partial charge >= 0.3 is 5.97 Å². The van der Waals surface area contributed by atoms with Crippen LogP contribution in [0.4, 0.5) is 5.69 Å². The maximum atomic E-state index is 12.9. The number of thiophene rings is 1. The van der Waals surface area contributed by atoms with Crippen LogP contribution in [-0.4, -0.2) is 21.6 Å². The zero-order chi connectivity index (χ0) is 22.1. The molecule has 1 unspecified atom stereocenters. The van der Waals surface area contributed by atoms with Gasteiger partial charge in [-0.3, -0.25) is 14.2 Å². The van der Waals surface area contributed by atoms with Gasteiger partial charge in [-0.15, -0.1) is 11.3 Å². The summed E-state index contributed by atoms with van der Waals surface area (Å²) in [6.45, 7) is 0. The Bertz CT molecular complexity index is 1360. The third-order valence-corrected chi connectivity index (χ3v) is 6.07. The van der Waals surface area contributed by atoms with E-state index in [1.807, 2.05) is 0 Å². The van der Waals surface area contributed by atoms with Gasteiger partial charge in [0, 0.05) is 33.4 Å². The first-order valence-electron chi connectivity index (χ1n) is 9.14. The van der Waals surface area contributed by atoms with Crippen molar-refractivity contribution in [1.82, 2.24) is 4.57 Å². The van der Waals surface area contributed by atoms with Crippen LogP contribution in [-0.2, 0) is 4.79 Å². The van der Waals surface area contributed by atoms with Crippen LogP contribution in [0.5, 0.6) is 0 Å². The zero-order valence-electron chi connectivity index (χ0n) is 15.9. The third kappa shape index (κ3) is 4.16. The Balaban J connectivity index is 1.63. The minimum atomic E-state index is -1.02. The van der Waals surface area contributed by atoms with Crippen LogP contribution in [0.3, 0.4) is 0 Å². The van der Waals surface area contributed by atoms with Crippen LogP contribution in [0.25, 0.3) is 16.5 Å². The second-order valence-corrected chi connectivity index (χ2v) is 8.51. The second kappa shape index (κ2) is 8.25. The Morgan fingerprint density at radius 2 is 1.81 bits per heavy atom. The van der Waals surface area contributed by atoms with Gasteiger partial charge in [0.1, 0.15) is 0 Å². The molecule has 0 saturated carbocycles. The maximum Gasteiger partial charge on any atom is 0.331 e. The molecule has 1 atom stereocenters. The molecule has 4 rings (SSSR count). The summed E-state index contributed by atoms with van der Waals surface area (Å²) in [4.78, 5) is 36.5. The molecule has 2 aromatic carbocycles. The highest BCUT2D eigenvalue weighted by Gasteiger charge is 2.21. The Hall–Kier alpha value is -3.62. The van der Waals surface area contributed by atoms with Gasteiger partial charge in [-0.1, -0.05) is 11.6 Å². The molecule has 4 aromatic rings. The molecular formula is C22H16ClN3O4S. The van der Waals surface area contributed by atoms with E-state index in [0.717, 1.165) is 0 Å². The lowest BCUT2D eigenvalue weighted by Crippen LogP contribution is -2.20. The fourth-order valence-electron chi connectivity index (χ4n) is 3.23. The molecular weight excluding hydrogens is 438 g/mol. The summed E-state index contributed by atoms with van der Waals surface area (Å²) in [5, 5.41) is 13.6. The highest BCUT2D eigenvalue weighted by Crippen LogP contribution is 2.29. The number of fused-ring (bicyclic) bond motifs is 1. The maximum absolute atomic E-state index is 12.9. The molecule has 0 aliphatic heterocycles. The number of nitrogens with zero attached hydrogens (tertiary/aromatic N) is 1. The van der Waals surface area contributed by atoms with Crippen molar-refractivity contribution in [2.75, 3.05) is 5.32 Å². The SMILES string of the molecule is NC(=O)c1ccc2c(=O)n(-c3ccc(NC(C(=O)O)c4ccc(Cl)s4)cc3)ccc2c1. The number of carbonyl (C=O) groups is 2. The summed E-state index contributed by atoms with van der Waals surface area (Å²) >= 11 is 7.12. The summed E-state index contributed by atoms with van der Waals surface area (Å²) in [7, 11) is 0. The molecule has 156 valence electrons. The second-order valence-electron chi connectivity index (χ2n) is 6.76. The van der Waals surface area contributed by atoms with Gasteiger partial charge in [-0.2, -0.15) is 0 Å². The van der Waals surface area contributed by atoms with Crippen LogP contribution in [0.2, 0.25) is 4.34 Å². The van der Waals surface area contributed by atoms with Gasteiger partial charge in [-0.05, 0) is 66.0 Å². The molecule has 4 N–H and O–H groups in total. The number of nitrogens with two attached hydrogens (primary N) is 1. The summed E-state index contributed by atoms with van der Waals surface area (Å²) in [6, 6.07) is 15.6. The number of anilines is 1. The number of aliphatic carboxylic acids is 1. The minimum Gasteiger partial charge on any atom is -0.479 e. The number of hydrogen-bond acceptors (Lipinski definition) is 5. The zero-order valence-corrected chi connectivity index (χ0v) is 17.5. The van der Waals surface area contributed by atoms with Gasteiger partial charge < -0.3 is 16.2 Å². The summed E-state index contributed by atoms with van der Waals surface area (Å²) < 4.78 is 1.99. The topological polar surface area (TPSA) is 114 Å². The van der Waals surface area contributed by atoms with Crippen LogP contribution < -0.4 is 16.6 Å². The van der Waals surface area contributed by atoms with Crippen LogP contribution >= 0.6 is 22.9 Å². The average molecular weight is 454 g/mol. The fourth-order valence-corrected chi connectivity index (χ4v) is 4.33. The molecule has 31 heavy (non-hydrogen) atoms. The molecule has 9 heteroatoms. The molecule has 7 nitrogen and oxygen atoms in total. The van der Waals surface area contributed by atoms with Crippen molar-refractivity contribution in [3.8, 4) is 5.69 Å². The lowest BCUT2D eigenvalue weighted by molar-refractivity contribution is -0.138. The molecule has 2 heterocycles. The number of aromatic nitrogens is 1. The van der Waals surface area contributed by atoms with Crippen LogP contribution in [0.15, 0.2) is 71.7 Å². The lowest BCUT2D eigenvalue weighted by atomic mass is 10.1. The van der Waals surface area contributed by atoms with Crippen molar-refractivity contribution >= 4 is 51.3 Å². The van der Waals surface area contributed by atoms with Gasteiger partial charge in [-0.25, -0.2) is 4.79 Å². The van der Waals surface area contributed by atoms with Crippen molar-refractivity contribution in [2.45, 2.75) is 6.04 Å². The smallest absolute Gasteiger partial charge is 0.331 e. The fraction of sp³-hybridized carbons (Fsp3) is 0.0455. The van der Waals surface area contributed by atoms with Crippen molar-refractivity contribution in [1.29, 1.82) is 0 Å². The quantitative estimate of drug-likeness (QED) is 0.407. The summed E-state index contributed by atoms with van der Waals surface area (Å²) in [6.07, 6.45) is 1.62. The predicted octanol–water partition coefficient (Wildman–Crippen LogP) is 4.04. The number of benzene rings is 2. The Kier molecular flexibility index (Phi) is 5.50. The van der Waals surface area contributed by atoms with Gasteiger partial charge in [0.2, 0.25) is 5.91 Å². The number of carboxylic acids is 1. The first-order valence-corrected chi connectivity index (χ1v) is 10.3. The van der Waals surface area contributed by atoms with Crippen LogP contribution in [0.1, 0.15) is 21.3 Å². The Morgan fingerprint density at radius 1 is 1.06 bits per heavy atom. The largest absolute Gasteiger partial charge is 0.479 e. The molecule has 0 radical (unpaired) electrons. The minimum absolute atomic E-state index is 0.245. The molecule has 0 bridgehead atoms. The molecule has 0 saturated heterocycles. The highest BCUT2D eigenvalue weighted by atomic mass is 35.5. The van der Waals surface area contributed by atoms with E-state index in [1.165, 1.54) is 22.0 Å². The molecule has 0 aliphatic carbocycles. The Labute approximate surface area is 185 Å². The molecule has 0 aliphatic rings. The van der Waals surface area contributed by atoms with E-state index in [0.29, 0.717) is 36.9 Å². The number of pyridine rings is 1. The summed E-state index contributed by atoms with van der Waals surface area (Å²) in [5.41, 5.74) is 6.58. The number of rotatable bonds is 6. The first-order chi connectivity index (χ1) is 14.8. The van der Waals surface area contributed by atoms with E-state index >= 15 is 0 Å². The van der Waals surface area contributed by atoms with E-state index in [9.17, 15) is 19.5 Å². The van der Waals surface area contributed by atoms with Crippen molar-refractivity contribution in [3.63, 3.8) is 0 Å². The highest BCUT2D eigenvalue weighted by molar-refractivity contribution is 7.16. The monoisotopic (exact) mass is 453 g/mol. The van der Waals surface area contributed by atoms with E-state index < -0.39 is 17.9 Å². The first kappa shape index (κ1) is 20.6. The number of amides is 1. The molecule has 0 spiro atoms. The van der Waals surface area contributed by atoms with E-state index in [2.05, 4.69) is 5.32 Å². The third-order valence-electron chi connectivity index (χ3n) is 4.77. The number of hydrogen-bond donors (Lipinski definition) is 3. The van der Waals surface area contributed by atoms with Gasteiger partial charge in [0.05, 0.1) is 4.34 Å². The van der Waals surface area contributed by atoms with E-state index in [1.54, 1.807) is 60.8 Å². The van der Waals surface area contributed by atoms with E-state index in [4.69, 9.17) is 17.3 Å². The van der Waals surface area contributed by atoms with E-state index in [-0.39, 0.29) is 5.56 Å². The number of nitrogens with one attached hydrogen (secondary N) is 1. The predicted molar refractivity (Wildman–Crippen MR) is 121 cm³/mol. The summed E-state index contributed by atoms with van der Waals surface area (Å²) in [5.74, 6) is -1.58. The van der Waals surface area contributed by atoms with Gasteiger partial charge in [0.25, 0.3) is 5.56 Å². The Morgan fingerprint density at radius 3 is 2.42 bits per heavy atom. The molecule has 2 aromatic heterocycles. The number of halogens is 1. The van der Waals surface area contributed by atoms with Crippen molar-refractivity contribution in [2.24, 2.45) is 5.73 Å². The van der Waals surface area contributed by atoms with Crippen molar-refractivity contribution < 1.29 is 14.7 Å². The normalized spacial score (nSPS) is 11.9.